The van der Waals surface area contributed by atoms with Crippen LogP contribution in [-0.4, -0.2) is 58.3 Å². The molecule has 1 saturated heterocycles. The Hall–Kier alpha value is -2.69. The summed E-state index contributed by atoms with van der Waals surface area (Å²) in [6.07, 6.45) is 5.80. The number of aromatic amines is 1. The standard InChI is InChI=1S/C24H26N4O4S2/c1-33-22-3-2-16(12-26-22)31-17-8-14-9-19(24-27-13-18(34-24)11-21(25)29)28-23(14)20(10-17)32-15-4-6-30-7-5-15/h2-3,8-10,12,15,18,28H,4-7,11,13H2,1H3,(H2,25,29). The molecule has 1 unspecified atom stereocenters. The van der Waals surface area contributed by atoms with Crippen LogP contribution in [0.25, 0.3) is 10.9 Å². The van der Waals surface area contributed by atoms with Crippen LogP contribution in [-0.2, 0) is 9.53 Å². The van der Waals surface area contributed by atoms with E-state index in [0.717, 1.165) is 45.3 Å². The quantitative estimate of drug-likeness (QED) is 0.444. The zero-order valence-corrected chi connectivity index (χ0v) is 20.4. The summed E-state index contributed by atoms with van der Waals surface area (Å²) in [5, 5.41) is 2.85. The van der Waals surface area contributed by atoms with Crippen molar-refractivity contribution in [2.24, 2.45) is 10.7 Å². The molecule has 0 aliphatic carbocycles. The van der Waals surface area contributed by atoms with Crippen LogP contribution >= 0.6 is 23.5 Å². The van der Waals surface area contributed by atoms with Crippen molar-refractivity contribution in [3.8, 4) is 17.2 Å². The number of amides is 1. The van der Waals surface area contributed by atoms with Crippen molar-refractivity contribution in [1.82, 2.24) is 9.97 Å². The fourth-order valence-electron chi connectivity index (χ4n) is 4.01. The molecule has 3 aromatic rings. The van der Waals surface area contributed by atoms with Crippen molar-refractivity contribution in [2.45, 2.75) is 35.6 Å². The Labute approximate surface area is 206 Å². The Balaban J connectivity index is 1.45. The van der Waals surface area contributed by atoms with Gasteiger partial charge in [-0.2, -0.15) is 0 Å². The molecule has 0 radical (unpaired) electrons. The molecule has 1 amide bonds. The maximum atomic E-state index is 11.3. The number of nitrogens with zero attached hydrogens (tertiary/aromatic N) is 2. The molecule has 178 valence electrons. The smallest absolute Gasteiger partial charge is 0.218 e. The van der Waals surface area contributed by atoms with Crippen molar-refractivity contribution < 1.29 is 19.0 Å². The van der Waals surface area contributed by atoms with E-state index in [9.17, 15) is 4.79 Å². The highest BCUT2D eigenvalue weighted by atomic mass is 32.2. The van der Waals surface area contributed by atoms with Crippen LogP contribution < -0.4 is 15.2 Å². The summed E-state index contributed by atoms with van der Waals surface area (Å²) in [7, 11) is 0. The van der Waals surface area contributed by atoms with Gasteiger partial charge in [0.2, 0.25) is 5.91 Å². The van der Waals surface area contributed by atoms with Gasteiger partial charge in [-0.05, 0) is 30.5 Å². The third kappa shape index (κ3) is 5.34. The van der Waals surface area contributed by atoms with E-state index in [2.05, 4.69) is 15.0 Å². The molecule has 4 heterocycles. The van der Waals surface area contributed by atoms with E-state index in [0.29, 0.717) is 37.7 Å². The first kappa shape index (κ1) is 23.1. The first-order valence-electron chi connectivity index (χ1n) is 11.2. The second-order valence-corrected chi connectivity index (χ2v) is 10.3. The van der Waals surface area contributed by atoms with Gasteiger partial charge in [0.05, 0.1) is 42.2 Å². The van der Waals surface area contributed by atoms with E-state index in [1.54, 1.807) is 29.7 Å². The van der Waals surface area contributed by atoms with Crippen LogP contribution in [0, 0.1) is 0 Å². The predicted molar refractivity (Wildman–Crippen MR) is 135 cm³/mol. The number of nitrogens with one attached hydrogen (secondary N) is 1. The van der Waals surface area contributed by atoms with Gasteiger partial charge in [0.25, 0.3) is 0 Å². The topological polar surface area (TPSA) is 112 Å². The van der Waals surface area contributed by atoms with E-state index in [1.165, 1.54) is 0 Å². The number of hydrogen-bond donors (Lipinski definition) is 2. The van der Waals surface area contributed by atoms with Crippen molar-refractivity contribution >= 4 is 45.4 Å². The first-order chi connectivity index (χ1) is 16.6. The van der Waals surface area contributed by atoms with Gasteiger partial charge >= 0.3 is 0 Å². The van der Waals surface area contributed by atoms with Gasteiger partial charge in [-0.1, -0.05) is 11.8 Å². The zero-order valence-electron chi connectivity index (χ0n) is 18.8. The summed E-state index contributed by atoms with van der Waals surface area (Å²) in [6, 6.07) is 9.79. The highest BCUT2D eigenvalue weighted by molar-refractivity contribution is 8.15. The van der Waals surface area contributed by atoms with E-state index in [1.807, 2.05) is 36.6 Å². The average molecular weight is 499 g/mol. The van der Waals surface area contributed by atoms with Gasteiger partial charge in [-0.25, -0.2) is 4.98 Å². The Bertz CT molecular complexity index is 1210. The minimum atomic E-state index is -0.306. The van der Waals surface area contributed by atoms with Crippen molar-refractivity contribution in [2.75, 3.05) is 26.0 Å². The second-order valence-electron chi connectivity index (χ2n) is 8.19. The number of carbonyl (C=O) groups is 1. The van der Waals surface area contributed by atoms with Crippen LogP contribution in [0.15, 0.2) is 46.5 Å². The van der Waals surface area contributed by atoms with Gasteiger partial charge < -0.3 is 24.9 Å². The first-order valence-corrected chi connectivity index (χ1v) is 13.3. The van der Waals surface area contributed by atoms with E-state index < -0.39 is 0 Å². The van der Waals surface area contributed by atoms with Gasteiger partial charge in [0.15, 0.2) is 0 Å². The van der Waals surface area contributed by atoms with E-state index in [-0.39, 0.29) is 17.3 Å². The maximum absolute atomic E-state index is 11.3. The van der Waals surface area contributed by atoms with Gasteiger partial charge in [-0.3, -0.25) is 9.79 Å². The molecule has 0 spiro atoms. The summed E-state index contributed by atoms with van der Waals surface area (Å²) in [4.78, 5) is 23.8. The lowest BCUT2D eigenvalue weighted by molar-refractivity contribution is -0.117. The molecular formula is C24H26N4O4S2. The van der Waals surface area contributed by atoms with E-state index >= 15 is 0 Å². The molecular weight excluding hydrogens is 472 g/mol. The average Bonchev–Trinajstić information content (AvgIpc) is 3.47. The highest BCUT2D eigenvalue weighted by Crippen LogP contribution is 2.37. The lowest BCUT2D eigenvalue weighted by atomic mass is 10.1. The normalized spacial score (nSPS) is 18.7. The molecule has 1 atom stereocenters. The molecule has 10 heteroatoms. The minimum absolute atomic E-state index is 0.0764. The van der Waals surface area contributed by atoms with Crippen LogP contribution in [0.2, 0.25) is 0 Å². The summed E-state index contributed by atoms with van der Waals surface area (Å²) in [5.74, 6) is 1.76. The Kier molecular flexibility index (Phi) is 6.98. The molecule has 1 fully saturated rings. The molecule has 2 aromatic heterocycles. The number of hydrogen-bond acceptors (Lipinski definition) is 8. The molecule has 8 nitrogen and oxygen atoms in total. The molecule has 1 aromatic carbocycles. The number of benzene rings is 1. The summed E-state index contributed by atoms with van der Waals surface area (Å²) < 4.78 is 18.0. The Morgan fingerprint density at radius 3 is 2.85 bits per heavy atom. The number of pyridine rings is 1. The van der Waals surface area contributed by atoms with E-state index in [4.69, 9.17) is 19.9 Å². The third-order valence-corrected chi connectivity index (χ3v) is 7.54. The Morgan fingerprint density at radius 1 is 1.26 bits per heavy atom. The molecule has 2 aliphatic heterocycles. The SMILES string of the molecule is CSc1ccc(Oc2cc(OC3CCOCC3)c3[nH]c(C4=NCC(CC(N)=O)S4)cc3c2)cn1. The number of primary amides is 1. The van der Waals surface area contributed by atoms with Crippen LogP contribution in [0.1, 0.15) is 25.0 Å². The summed E-state index contributed by atoms with van der Waals surface area (Å²) >= 11 is 3.16. The number of H-pyrrole nitrogens is 1. The van der Waals surface area contributed by atoms with Gasteiger partial charge in [0, 0.05) is 36.0 Å². The lowest BCUT2D eigenvalue weighted by Crippen LogP contribution is -2.25. The molecule has 5 rings (SSSR count). The van der Waals surface area contributed by atoms with Crippen molar-refractivity contribution in [1.29, 1.82) is 0 Å². The number of fused-ring (bicyclic) bond motifs is 1. The Morgan fingerprint density at radius 2 is 2.12 bits per heavy atom. The number of aromatic nitrogens is 2. The fourth-order valence-corrected chi connectivity index (χ4v) is 5.47. The monoisotopic (exact) mass is 498 g/mol. The molecule has 2 aliphatic rings. The largest absolute Gasteiger partial charge is 0.488 e. The van der Waals surface area contributed by atoms with Crippen LogP contribution in [0.5, 0.6) is 17.2 Å². The molecule has 34 heavy (non-hydrogen) atoms. The predicted octanol–water partition coefficient (Wildman–Crippen LogP) is 4.37. The molecule has 0 saturated carbocycles. The number of ether oxygens (including phenoxy) is 3. The van der Waals surface area contributed by atoms with Crippen LogP contribution in [0.4, 0.5) is 0 Å². The molecule has 3 N–H and O–H groups in total. The number of carbonyl (C=O) groups excluding carboxylic acids is 1. The number of aliphatic imine (C=N–C) groups is 1. The summed E-state index contributed by atoms with van der Waals surface area (Å²) in [5.41, 5.74) is 7.16. The highest BCUT2D eigenvalue weighted by Gasteiger charge is 2.25. The number of rotatable bonds is 8. The fraction of sp³-hybridized carbons (Fsp3) is 0.375. The van der Waals surface area contributed by atoms with Crippen molar-refractivity contribution in [3.05, 3.63) is 42.2 Å². The number of nitrogens with two attached hydrogens (primary N) is 1. The van der Waals surface area contributed by atoms with Gasteiger partial charge in [0.1, 0.15) is 28.4 Å². The minimum Gasteiger partial charge on any atom is -0.488 e. The van der Waals surface area contributed by atoms with Crippen molar-refractivity contribution in [3.63, 3.8) is 0 Å². The van der Waals surface area contributed by atoms with Gasteiger partial charge in [-0.15, -0.1) is 11.8 Å². The third-order valence-electron chi connectivity index (χ3n) is 5.66. The number of thioether (sulfide) groups is 2. The zero-order chi connectivity index (χ0) is 23.5. The second kappa shape index (κ2) is 10.3. The maximum Gasteiger partial charge on any atom is 0.218 e. The van der Waals surface area contributed by atoms with Crippen LogP contribution in [0.3, 0.4) is 0 Å². The summed E-state index contributed by atoms with van der Waals surface area (Å²) in [6.45, 7) is 1.97. The lowest BCUT2D eigenvalue weighted by Gasteiger charge is -2.24. The molecule has 0 bridgehead atoms.